The van der Waals surface area contributed by atoms with Gasteiger partial charge >= 0.3 is 0 Å². The van der Waals surface area contributed by atoms with Crippen LogP contribution in [-0.2, 0) is 6.42 Å². The minimum atomic E-state index is 0.237. The lowest BCUT2D eigenvalue weighted by Gasteiger charge is -2.27. The molecule has 0 radical (unpaired) electrons. The summed E-state index contributed by atoms with van der Waals surface area (Å²) in [6, 6.07) is 14.7. The molecule has 0 spiro atoms. The van der Waals surface area contributed by atoms with Gasteiger partial charge in [-0.25, -0.2) is 0 Å². The summed E-state index contributed by atoms with van der Waals surface area (Å²) in [6.45, 7) is 0.921. The molecule has 2 aromatic rings. The van der Waals surface area contributed by atoms with Crippen LogP contribution < -0.4 is 9.47 Å². The zero-order valence-electron chi connectivity index (χ0n) is 14.7. The first-order valence-electron chi connectivity index (χ1n) is 8.15. The molecule has 0 bridgehead atoms. The number of ether oxygens (including phenoxy) is 2. The molecule has 1 unspecified atom stereocenters. The van der Waals surface area contributed by atoms with E-state index in [2.05, 4.69) is 37.2 Å². The van der Waals surface area contributed by atoms with E-state index < -0.39 is 0 Å². The first kappa shape index (κ1) is 16.5. The molecule has 24 heavy (non-hydrogen) atoms. The number of hydrogen-bond acceptors (Lipinski definition) is 4. The fourth-order valence-electron chi connectivity index (χ4n) is 3.21. The Morgan fingerprint density at radius 2 is 1.71 bits per heavy atom. The van der Waals surface area contributed by atoms with Gasteiger partial charge in [-0.2, -0.15) is 0 Å². The number of nitrogens with zero attached hydrogens (tertiary/aromatic N) is 2. The highest BCUT2D eigenvalue weighted by atomic mass is 16.5. The average molecular weight is 324 g/mol. The third kappa shape index (κ3) is 3.29. The molecule has 0 saturated heterocycles. The van der Waals surface area contributed by atoms with Gasteiger partial charge in [-0.3, -0.25) is 4.99 Å². The van der Waals surface area contributed by atoms with Gasteiger partial charge in [0.2, 0.25) is 0 Å². The number of benzene rings is 2. The number of rotatable bonds is 5. The summed E-state index contributed by atoms with van der Waals surface area (Å²) in [7, 11) is 7.52. The van der Waals surface area contributed by atoms with Crippen molar-refractivity contribution in [3.05, 3.63) is 59.2 Å². The van der Waals surface area contributed by atoms with Gasteiger partial charge in [0.1, 0.15) is 0 Å². The molecule has 3 rings (SSSR count). The van der Waals surface area contributed by atoms with Crippen LogP contribution in [0.5, 0.6) is 11.5 Å². The predicted octanol–water partition coefficient (Wildman–Crippen LogP) is 3.03. The molecular weight excluding hydrogens is 300 g/mol. The largest absolute Gasteiger partial charge is 0.493 e. The van der Waals surface area contributed by atoms with Crippen molar-refractivity contribution in [1.82, 2.24) is 4.90 Å². The van der Waals surface area contributed by atoms with Crippen LogP contribution in [0.2, 0.25) is 0 Å². The fraction of sp³-hybridized carbons (Fsp3) is 0.350. The third-order valence-electron chi connectivity index (χ3n) is 4.25. The Balaban J connectivity index is 2.12. The van der Waals surface area contributed by atoms with E-state index in [0.717, 1.165) is 41.3 Å². The van der Waals surface area contributed by atoms with E-state index in [9.17, 15) is 0 Å². The molecule has 0 N–H and O–H groups in total. The molecule has 1 aliphatic heterocycles. The van der Waals surface area contributed by atoms with Crippen LogP contribution in [0.15, 0.2) is 47.5 Å². The minimum Gasteiger partial charge on any atom is -0.493 e. The van der Waals surface area contributed by atoms with Crippen LogP contribution >= 0.6 is 0 Å². The first-order chi connectivity index (χ1) is 11.6. The Morgan fingerprint density at radius 3 is 2.33 bits per heavy atom. The molecule has 1 atom stereocenters. The molecular formula is C20H24N2O2. The van der Waals surface area contributed by atoms with Crippen LogP contribution in [-0.4, -0.2) is 51.5 Å². The van der Waals surface area contributed by atoms with Crippen molar-refractivity contribution in [3.8, 4) is 11.5 Å². The van der Waals surface area contributed by atoms with Crippen molar-refractivity contribution in [2.24, 2.45) is 4.99 Å². The van der Waals surface area contributed by atoms with Crippen LogP contribution in [0.25, 0.3) is 0 Å². The maximum absolute atomic E-state index is 5.49. The molecule has 0 saturated carbocycles. The monoisotopic (exact) mass is 324 g/mol. The molecule has 4 heteroatoms. The summed E-state index contributed by atoms with van der Waals surface area (Å²) >= 11 is 0. The lowest BCUT2D eigenvalue weighted by molar-refractivity contribution is 0.352. The van der Waals surface area contributed by atoms with Crippen molar-refractivity contribution < 1.29 is 9.47 Å². The van der Waals surface area contributed by atoms with Crippen LogP contribution in [0.1, 0.15) is 16.7 Å². The number of likely N-dealkylation sites (N-methyl/N-ethyl adjacent to an activating group) is 1. The quantitative estimate of drug-likeness (QED) is 0.848. The molecule has 0 fully saturated rings. The van der Waals surface area contributed by atoms with E-state index in [-0.39, 0.29) is 6.04 Å². The summed E-state index contributed by atoms with van der Waals surface area (Å²) in [5, 5.41) is 0. The second-order valence-corrected chi connectivity index (χ2v) is 6.33. The summed E-state index contributed by atoms with van der Waals surface area (Å²) in [4.78, 5) is 7.23. The minimum absolute atomic E-state index is 0.237. The van der Waals surface area contributed by atoms with Crippen LogP contribution in [0, 0.1) is 0 Å². The van der Waals surface area contributed by atoms with E-state index in [0.29, 0.717) is 0 Å². The maximum Gasteiger partial charge on any atom is 0.161 e. The van der Waals surface area contributed by atoms with Crippen molar-refractivity contribution in [1.29, 1.82) is 0 Å². The Morgan fingerprint density at radius 1 is 1.04 bits per heavy atom. The second-order valence-electron chi connectivity index (χ2n) is 6.33. The molecule has 0 aromatic heterocycles. The standard InChI is InChI=1S/C20H24N2O2/c1-22(2)13-16-10-15-11-18(23-3)19(24-4)12-17(15)20(21-16)14-8-6-5-7-9-14/h5-9,11-12,16H,10,13H2,1-4H3. The van der Waals surface area contributed by atoms with E-state index >= 15 is 0 Å². The molecule has 0 amide bonds. The lowest BCUT2D eigenvalue weighted by Crippen LogP contribution is -2.31. The van der Waals surface area contributed by atoms with E-state index in [4.69, 9.17) is 14.5 Å². The zero-order chi connectivity index (χ0) is 17.1. The Hall–Kier alpha value is -2.33. The zero-order valence-corrected chi connectivity index (χ0v) is 14.7. The van der Waals surface area contributed by atoms with Gasteiger partial charge in [0.25, 0.3) is 0 Å². The topological polar surface area (TPSA) is 34.1 Å². The Labute approximate surface area is 143 Å². The van der Waals surface area contributed by atoms with Gasteiger partial charge in [0.15, 0.2) is 11.5 Å². The van der Waals surface area contributed by atoms with Crippen LogP contribution in [0.4, 0.5) is 0 Å². The molecule has 2 aromatic carbocycles. The van der Waals surface area contributed by atoms with Gasteiger partial charge in [-0.15, -0.1) is 0 Å². The molecule has 126 valence electrons. The smallest absolute Gasteiger partial charge is 0.161 e. The number of aliphatic imine (C=N–C) groups is 1. The van der Waals surface area contributed by atoms with Gasteiger partial charge in [0.05, 0.1) is 26.0 Å². The SMILES string of the molecule is COc1cc2c(cc1OC)C(c1ccccc1)=NC(CN(C)C)C2. The number of methoxy groups -OCH3 is 2. The fourth-order valence-corrected chi connectivity index (χ4v) is 3.21. The third-order valence-corrected chi connectivity index (χ3v) is 4.25. The average Bonchev–Trinajstić information content (AvgIpc) is 2.60. The van der Waals surface area contributed by atoms with Crippen molar-refractivity contribution in [2.45, 2.75) is 12.5 Å². The number of fused-ring (bicyclic) bond motifs is 1. The number of hydrogen-bond donors (Lipinski definition) is 0. The molecule has 4 nitrogen and oxygen atoms in total. The normalized spacial score (nSPS) is 16.5. The van der Waals surface area contributed by atoms with Gasteiger partial charge in [-0.1, -0.05) is 30.3 Å². The predicted molar refractivity (Wildman–Crippen MR) is 97.7 cm³/mol. The summed E-state index contributed by atoms with van der Waals surface area (Å²) in [5.74, 6) is 1.51. The molecule has 0 aliphatic carbocycles. The highest BCUT2D eigenvalue weighted by molar-refractivity contribution is 6.14. The summed E-state index contributed by atoms with van der Waals surface area (Å²) in [6.07, 6.45) is 0.907. The lowest BCUT2D eigenvalue weighted by atomic mass is 9.89. The van der Waals surface area contributed by atoms with Crippen molar-refractivity contribution in [2.75, 3.05) is 34.9 Å². The highest BCUT2D eigenvalue weighted by Crippen LogP contribution is 2.34. The Bertz CT molecular complexity index is 739. The molecule has 1 aliphatic rings. The maximum atomic E-state index is 5.49. The van der Waals surface area contributed by atoms with Crippen LogP contribution in [0.3, 0.4) is 0 Å². The van der Waals surface area contributed by atoms with Crippen molar-refractivity contribution >= 4 is 5.71 Å². The highest BCUT2D eigenvalue weighted by Gasteiger charge is 2.24. The molecule has 1 heterocycles. The first-order valence-corrected chi connectivity index (χ1v) is 8.15. The van der Waals surface area contributed by atoms with E-state index in [1.54, 1.807) is 14.2 Å². The van der Waals surface area contributed by atoms with Gasteiger partial charge in [0, 0.05) is 17.7 Å². The second kappa shape index (κ2) is 7.05. The van der Waals surface area contributed by atoms with Crippen molar-refractivity contribution in [3.63, 3.8) is 0 Å². The summed E-state index contributed by atoms with van der Waals surface area (Å²) < 4.78 is 11.0. The van der Waals surface area contributed by atoms with E-state index in [1.165, 1.54) is 5.56 Å². The van der Waals surface area contributed by atoms with E-state index in [1.807, 2.05) is 24.3 Å². The van der Waals surface area contributed by atoms with Gasteiger partial charge < -0.3 is 14.4 Å². The van der Waals surface area contributed by atoms with Gasteiger partial charge in [-0.05, 0) is 38.2 Å². The summed E-state index contributed by atoms with van der Waals surface area (Å²) in [5.41, 5.74) is 4.56. The Kier molecular flexibility index (Phi) is 4.86.